The number of rotatable bonds is 1. The van der Waals surface area contributed by atoms with Gasteiger partial charge in [0.15, 0.2) is 0 Å². The molecule has 1 aromatic carbocycles. The summed E-state index contributed by atoms with van der Waals surface area (Å²) in [5.41, 5.74) is 0.706. The van der Waals surface area contributed by atoms with Crippen LogP contribution in [0.2, 0.25) is 5.02 Å². The fourth-order valence-electron chi connectivity index (χ4n) is 1.69. The lowest BCUT2D eigenvalue weighted by atomic mass is 10.0. The van der Waals surface area contributed by atoms with Gasteiger partial charge in [-0.15, -0.1) is 0 Å². The number of halogens is 1. The van der Waals surface area contributed by atoms with Crippen LogP contribution >= 0.6 is 11.6 Å². The fourth-order valence-corrected chi connectivity index (χ4v) is 1.89. The number of amides is 2. The van der Waals surface area contributed by atoms with E-state index in [0.717, 1.165) is 0 Å². The lowest BCUT2D eigenvalue weighted by Gasteiger charge is -2.29. The van der Waals surface area contributed by atoms with Gasteiger partial charge in [-0.3, -0.25) is 9.59 Å². The van der Waals surface area contributed by atoms with Gasteiger partial charge in [0, 0.05) is 12.1 Å². The third kappa shape index (κ3) is 2.02. The van der Waals surface area contributed by atoms with Crippen LogP contribution in [0.1, 0.15) is 11.6 Å². The molecule has 0 spiro atoms. The van der Waals surface area contributed by atoms with Crippen LogP contribution in [0.5, 0.6) is 0 Å². The molecular formula is C11H11ClN2O2. The van der Waals surface area contributed by atoms with Crippen LogP contribution < -0.4 is 5.32 Å². The van der Waals surface area contributed by atoms with Crippen molar-refractivity contribution in [1.82, 2.24) is 10.2 Å². The van der Waals surface area contributed by atoms with E-state index < -0.39 is 6.04 Å². The Kier molecular flexibility index (Phi) is 2.83. The smallest absolute Gasteiger partial charge is 0.250 e. The van der Waals surface area contributed by atoms with Gasteiger partial charge >= 0.3 is 0 Å². The van der Waals surface area contributed by atoms with E-state index in [9.17, 15) is 9.59 Å². The van der Waals surface area contributed by atoms with E-state index in [-0.39, 0.29) is 18.4 Å². The van der Waals surface area contributed by atoms with Gasteiger partial charge in [0.05, 0.1) is 6.54 Å². The van der Waals surface area contributed by atoms with Crippen LogP contribution in [0.25, 0.3) is 0 Å². The molecule has 16 heavy (non-hydrogen) atoms. The van der Waals surface area contributed by atoms with Crippen molar-refractivity contribution in [2.75, 3.05) is 13.6 Å². The van der Waals surface area contributed by atoms with Gasteiger partial charge in [0.2, 0.25) is 11.8 Å². The molecule has 0 aliphatic carbocycles. The van der Waals surface area contributed by atoms with Gasteiger partial charge in [-0.05, 0) is 17.7 Å². The number of nitrogens with one attached hydrogen (secondary N) is 1. The van der Waals surface area contributed by atoms with Gasteiger partial charge in [0.25, 0.3) is 0 Å². The molecule has 2 rings (SSSR count). The van der Waals surface area contributed by atoms with Gasteiger partial charge in [-0.1, -0.05) is 23.7 Å². The van der Waals surface area contributed by atoms with Crippen molar-refractivity contribution in [3.63, 3.8) is 0 Å². The molecular weight excluding hydrogens is 228 g/mol. The Morgan fingerprint density at radius 3 is 2.88 bits per heavy atom. The van der Waals surface area contributed by atoms with Gasteiger partial charge < -0.3 is 10.2 Å². The van der Waals surface area contributed by atoms with E-state index in [1.807, 2.05) is 0 Å². The van der Waals surface area contributed by atoms with Crippen molar-refractivity contribution >= 4 is 23.4 Å². The third-order valence-electron chi connectivity index (χ3n) is 2.49. The van der Waals surface area contributed by atoms with Gasteiger partial charge in [-0.25, -0.2) is 0 Å². The number of hydrogen-bond acceptors (Lipinski definition) is 2. The molecule has 1 aliphatic rings. The third-order valence-corrected chi connectivity index (χ3v) is 2.73. The summed E-state index contributed by atoms with van der Waals surface area (Å²) in [6.45, 7) is 0.107. The first-order chi connectivity index (χ1) is 7.58. The zero-order valence-electron chi connectivity index (χ0n) is 8.74. The van der Waals surface area contributed by atoms with E-state index >= 15 is 0 Å². The molecule has 5 heteroatoms. The highest BCUT2D eigenvalue weighted by Gasteiger charge is 2.31. The largest absolute Gasteiger partial charge is 0.339 e. The van der Waals surface area contributed by atoms with E-state index in [0.29, 0.717) is 10.6 Å². The summed E-state index contributed by atoms with van der Waals surface area (Å²) >= 11 is 5.85. The molecule has 0 bridgehead atoms. The molecule has 0 saturated carbocycles. The summed E-state index contributed by atoms with van der Waals surface area (Å²) in [5.74, 6) is -0.283. The maximum absolute atomic E-state index is 11.9. The van der Waals surface area contributed by atoms with Crippen molar-refractivity contribution in [2.24, 2.45) is 0 Å². The van der Waals surface area contributed by atoms with Crippen LogP contribution in [0.4, 0.5) is 0 Å². The lowest BCUT2D eigenvalue weighted by Crippen LogP contribution is -2.51. The molecule has 1 atom stereocenters. The second-order valence-electron chi connectivity index (χ2n) is 3.75. The molecule has 1 unspecified atom stereocenters. The molecule has 84 valence electrons. The van der Waals surface area contributed by atoms with Crippen molar-refractivity contribution in [1.29, 1.82) is 0 Å². The normalized spacial score (nSPS) is 20.9. The molecule has 1 heterocycles. The predicted octanol–water partition coefficient (Wildman–Crippen LogP) is 0.969. The maximum Gasteiger partial charge on any atom is 0.250 e. The average Bonchev–Trinajstić information content (AvgIpc) is 2.23. The molecule has 4 nitrogen and oxygen atoms in total. The Hall–Kier alpha value is -1.55. The molecule has 1 fully saturated rings. The molecule has 0 aromatic heterocycles. The van der Waals surface area contributed by atoms with Crippen molar-refractivity contribution in [3.05, 3.63) is 34.9 Å². The summed E-state index contributed by atoms with van der Waals surface area (Å²) in [5, 5.41) is 3.20. The first-order valence-corrected chi connectivity index (χ1v) is 5.25. The van der Waals surface area contributed by atoms with E-state index in [1.54, 1.807) is 31.3 Å². The SMILES string of the molecule is CN1CC(=O)NC(c2cccc(Cl)c2)C1=O. The van der Waals surface area contributed by atoms with Crippen LogP contribution in [0.3, 0.4) is 0 Å². The molecule has 1 N–H and O–H groups in total. The molecule has 1 aromatic rings. The quantitative estimate of drug-likeness (QED) is 0.793. The second-order valence-corrected chi connectivity index (χ2v) is 4.19. The van der Waals surface area contributed by atoms with Crippen LogP contribution in [-0.4, -0.2) is 30.3 Å². The standard InChI is InChI=1S/C11H11ClN2O2/c1-14-6-9(15)13-10(11(14)16)7-3-2-4-8(12)5-7/h2-5,10H,6H2,1H3,(H,13,15). The Morgan fingerprint density at radius 2 is 2.19 bits per heavy atom. The summed E-state index contributed by atoms with van der Waals surface area (Å²) < 4.78 is 0. The highest BCUT2D eigenvalue weighted by atomic mass is 35.5. The summed E-state index contributed by atoms with van der Waals surface area (Å²) in [7, 11) is 1.61. The second kappa shape index (κ2) is 4.14. The summed E-state index contributed by atoms with van der Waals surface area (Å²) in [6, 6.07) is 6.32. The predicted molar refractivity (Wildman–Crippen MR) is 60.0 cm³/mol. The van der Waals surface area contributed by atoms with E-state index in [2.05, 4.69) is 5.32 Å². The summed E-state index contributed by atoms with van der Waals surface area (Å²) in [4.78, 5) is 24.6. The monoisotopic (exact) mass is 238 g/mol. The Balaban J connectivity index is 2.32. The number of piperazine rings is 1. The van der Waals surface area contributed by atoms with Crippen LogP contribution in [0, 0.1) is 0 Å². The number of nitrogens with zero attached hydrogens (tertiary/aromatic N) is 1. The summed E-state index contributed by atoms with van der Waals surface area (Å²) in [6.07, 6.45) is 0. The highest BCUT2D eigenvalue weighted by Crippen LogP contribution is 2.21. The Labute approximate surface area is 98.2 Å². The minimum atomic E-state index is -0.620. The Morgan fingerprint density at radius 1 is 1.44 bits per heavy atom. The topological polar surface area (TPSA) is 49.4 Å². The zero-order chi connectivity index (χ0) is 11.7. The first kappa shape index (κ1) is 11.0. The van der Waals surface area contributed by atoms with E-state index in [4.69, 9.17) is 11.6 Å². The fraction of sp³-hybridized carbons (Fsp3) is 0.273. The molecule has 2 amide bonds. The Bertz CT molecular complexity index is 447. The number of carbonyl (C=O) groups is 2. The minimum absolute atomic E-state index is 0.107. The zero-order valence-corrected chi connectivity index (χ0v) is 9.49. The lowest BCUT2D eigenvalue weighted by molar-refractivity contribution is -0.143. The van der Waals surface area contributed by atoms with Gasteiger partial charge in [-0.2, -0.15) is 0 Å². The number of benzene rings is 1. The minimum Gasteiger partial charge on any atom is -0.339 e. The van der Waals surface area contributed by atoms with Crippen molar-refractivity contribution < 1.29 is 9.59 Å². The molecule has 1 saturated heterocycles. The van der Waals surface area contributed by atoms with Crippen molar-refractivity contribution in [2.45, 2.75) is 6.04 Å². The number of hydrogen-bond donors (Lipinski definition) is 1. The van der Waals surface area contributed by atoms with Crippen LogP contribution in [0.15, 0.2) is 24.3 Å². The molecule has 0 radical (unpaired) electrons. The number of likely N-dealkylation sites (N-methyl/N-ethyl adjacent to an activating group) is 1. The van der Waals surface area contributed by atoms with Crippen LogP contribution in [-0.2, 0) is 9.59 Å². The van der Waals surface area contributed by atoms with Gasteiger partial charge in [0.1, 0.15) is 6.04 Å². The first-order valence-electron chi connectivity index (χ1n) is 4.88. The average molecular weight is 239 g/mol. The molecule has 1 aliphatic heterocycles. The maximum atomic E-state index is 11.9. The van der Waals surface area contributed by atoms with Crippen molar-refractivity contribution in [3.8, 4) is 0 Å². The highest BCUT2D eigenvalue weighted by molar-refractivity contribution is 6.30. The van der Waals surface area contributed by atoms with E-state index in [1.165, 1.54) is 4.90 Å². The number of carbonyl (C=O) groups excluding carboxylic acids is 2.